The van der Waals surface area contributed by atoms with E-state index in [9.17, 15) is 22.8 Å². The number of rotatable bonds is 7. The van der Waals surface area contributed by atoms with Crippen LogP contribution in [0.5, 0.6) is 0 Å². The molecule has 0 aliphatic carbocycles. The molecule has 0 bridgehead atoms. The maximum Gasteiger partial charge on any atom is 0.417 e. The monoisotopic (exact) mass is 518 g/mol. The van der Waals surface area contributed by atoms with E-state index in [-0.39, 0.29) is 11.6 Å². The van der Waals surface area contributed by atoms with Crippen LogP contribution < -0.4 is 10.6 Å². The Labute approximate surface area is 212 Å². The molecule has 190 valence electrons. The second-order valence-corrected chi connectivity index (χ2v) is 9.08. The smallest absolute Gasteiger partial charge is 0.417 e. The predicted molar refractivity (Wildman–Crippen MR) is 134 cm³/mol. The van der Waals surface area contributed by atoms with Crippen LogP contribution in [-0.2, 0) is 11.0 Å². The van der Waals surface area contributed by atoms with Crippen LogP contribution in [0.15, 0.2) is 54.6 Å². The summed E-state index contributed by atoms with van der Waals surface area (Å²) in [5, 5.41) is 15.1. The summed E-state index contributed by atoms with van der Waals surface area (Å²) in [5.41, 5.74) is 2.63. The number of carbonyl (C=O) groups is 2. The van der Waals surface area contributed by atoms with Gasteiger partial charge in [0.15, 0.2) is 0 Å². The molecular weight excluding hydrogens is 493 g/mol. The summed E-state index contributed by atoms with van der Waals surface area (Å²) in [7, 11) is 0. The van der Waals surface area contributed by atoms with E-state index in [0.29, 0.717) is 16.3 Å². The Kier molecular flexibility index (Phi) is 7.99. The van der Waals surface area contributed by atoms with Gasteiger partial charge in [-0.25, -0.2) is 0 Å². The molecule has 2 atom stereocenters. The van der Waals surface area contributed by atoms with E-state index in [1.165, 1.54) is 13.0 Å². The van der Waals surface area contributed by atoms with Crippen molar-refractivity contribution in [3.63, 3.8) is 0 Å². The molecule has 9 heteroatoms. The van der Waals surface area contributed by atoms with E-state index in [1.807, 2.05) is 39.0 Å². The number of anilines is 1. The van der Waals surface area contributed by atoms with Crippen LogP contribution in [0.4, 0.5) is 18.9 Å². The molecule has 0 fully saturated rings. The number of carboxylic acids is 1. The van der Waals surface area contributed by atoms with Gasteiger partial charge in [0.25, 0.3) is 5.91 Å². The van der Waals surface area contributed by atoms with Gasteiger partial charge in [0, 0.05) is 16.8 Å². The minimum Gasteiger partial charge on any atom is -0.480 e. The molecule has 0 aliphatic heterocycles. The standard InChI is InChI=1S/C27H26ClF3N2O3/c1-14-10-20(11-15(2)24(14)28)16(3)32-21-7-5-6-18(12-21)19-8-9-22(23(13-19)27(29,30)31)25(34)33-17(4)26(35)36/h5-13,16-17,32H,1-4H3,(H,33,34)(H,35,36). The molecule has 5 nitrogen and oxygen atoms in total. The zero-order valence-electron chi connectivity index (χ0n) is 20.1. The van der Waals surface area contributed by atoms with Crippen LogP contribution in [0, 0.1) is 13.8 Å². The zero-order chi connectivity index (χ0) is 26.8. The number of alkyl halides is 3. The highest BCUT2D eigenvalue weighted by Crippen LogP contribution is 2.36. The minimum atomic E-state index is -4.82. The number of carbonyl (C=O) groups excluding carboxylic acids is 1. The van der Waals surface area contributed by atoms with Crippen LogP contribution in [0.3, 0.4) is 0 Å². The van der Waals surface area contributed by atoms with Gasteiger partial charge in [-0.15, -0.1) is 0 Å². The average Bonchev–Trinajstić information content (AvgIpc) is 2.81. The highest BCUT2D eigenvalue weighted by Gasteiger charge is 2.36. The lowest BCUT2D eigenvalue weighted by Gasteiger charge is -2.19. The summed E-state index contributed by atoms with van der Waals surface area (Å²) >= 11 is 6.27. The van der Waals surface area contributed by atoms with Gasteiger partial charge in [0.2, 0.25) is 0 Å². The fourth-order valence-electron chi connectivity index (χ4n) is 3.84. The van der Waals surface area contributed by atoms with Gasteiger partial charge in [0.1, 0.15) is 6.04 Å². The number of nitrogens with one attached hydrogen (secondary N) is 2. The van der Waals surface area contributed by atoms with E-state index in [1.54, 1.807) is 18.2 Å². The summed E-state index contributed by atoms with van der Waals surface area (Å²) in [6.45, 7) is 7.00. The highest BCUT2D eigenvalue weighted by molar-refractivity contribution is 6.32. The second-order valence-electron chi connectivity index (χ2n) is 8.71. The molecule has 3 N–H and O–H groups in total. The van der Waals surface area contributed by atoms with Crippen LogP contribution in [-0.4, -0.2) is 23.0 Å². The molecule has 0 heterocycles. The molecule has 0 saturated heterocycles. The van der Waals surface area contributed by atoms with E-state index in [0.717, 1.165) is 28.8 Å². The van der Waals surface area contributed by atoms with E-state index in [2.05, 4.69) is 10.6 Å². The number of hydrogen-bond acceptors (Lipinski definition) is 3. The third-order valence-corrected chi connectivity index (χ3v) is 6.42. The normalized spacial score (nSPS) is 13.1. The Bertz CT molecular complexity index is 1280. The molecule has 3 aromatic rings. The third-order valence-electron chi connectivity index (χ3n) is 5.83. The Morgan fingerprint density at radius 1 is 0.944 bits per heavy atom. The Hall–Kier alpha value is -3.52. The maximum atomic E-state index is 13.8. The van der Waals surface area contributed by atoms with Crippen molar-refractivity contribution in [2.24, 2.45) is 0 Å². The Balaban J connectivity index is 1.92. The van der Waals surface area contributed by atoms with Crippen LogP contribution in [0.25, 0.3) is 11.1 Å². The Morgan fingerprint density at radius 3 is 2.14 bits per heavy atom. The molecule has 2 unspecified atom stereocenters. The van der Waals surface area contributed by atoms with Gasteiger partial charge in [-0.3, -0.25) is 9.59 Å². The largest absolute Gasteiger partial charge is 0.480 e. The molecule has 1 amide bonds. The van der Waals surface area contributed by atoms with Crippen molar-refractivity contribution in [3.8, 4) is 11.1 Å². The lowest BCUT2D eigenvalue weighted by molar-refractivity contribution is -0.138. The van der Waals surface area contributed by atoms with Crippen LogP contribution in [0.1, 0.15) is 52.5 Å². The van der Waals surface area contributed by atoms with Gasteiger partial charge in [-0.1, -0.05) is 41.9 Å². The van der Waals surface area contributed by atoms with E-state index in [4.69, 9.17) is 16.7 Å². The van der Waals surface area contributed by atoms with Gasteiger partial charge in [-0.05, 0) is 79.8 Å². The van der Waals surface area contributed by atoms with Crippen molar-refractivity contribution < 1.29 is 27.9 Å². The summed E-state index contributed by atoms with van der Waals surface area (Å²) in [5.74, 6) is -2.46. The van der Waals surface area contributed by atoms with Crippen molar-refractivity contribution in [2.45, 2.75) is 46.0 Å². The number of hydrogen-bond donors (Lipinski definition) is 3. The first kappa shape index (κ1) is 27.1. The molecule has 0 radical (unpaired) electrons. The molecule has 0 spiro atoms. The van der Waals surface area contributed by atoms with Crippen molar-refractivity contribution in [1.29, 1.82) is 0 Å². The minimum absolute atomic E-state index is 0.0945. The van der Waals surface area contributed by atoms with Gasteiger partial charge in [0.05, 0.1) is 11.1 Å². The molecule has 36 heavy (non-hydrogen) atoms. The lowest BCUT2D eigenvalue weighted by atomic mass is 9.97. The van der Waals surface area contributed by atoms with Crippen molar-refractivity contribution in [3.05, 3.63) is 87.4 Å². The molecule has 0 aliphatic rings. The summed E-state index contributed by atoms with van der Waals surface area (Å²) in [4.78, 5) is 23.3. The molecular formula is C27H26ClF3N2O3. The summed E-state index contributed by atoms with van der Waals surface area (Å²) in [6.07, 6.45) is -4.82. The molecule has 0 aromatic heterocycles. The number of carboxylic acid groups (broad SMARTS) is 1. The topological polar surface area (TPSA) is 78.4 Å². The molecule has 3 aromatic carbocycles. The van der Waals surface area contributed by atoms with Crippen LogP contribution in [0.2, 0.25) is 5.02 Å². The van der Waals surface area contributed by atoms with Crippen molar-refractivity contribution >= 4 is 29.2 Å². The first-order chi connectivity index (χ1) is 16.8. The second kappa shape index (κ2) is 10.6. The van der Waals surface area contributed by atoms with Gasteiger partial charge in [-0.2, -0.15) is 13.2 Å². The third kappa shape index (κ3) is 6.18. The number of benzene rings is 3. The number of amides is 1. The first-order valence-corrected chi connectivity index (χ1v) is 11.5. The van der Waals surface area contributed by atoms with Crippen LogP contribution >= 0.6 is 11.6 Å². The quantitative estimate of drug-likeness (QED) is 0.314. The first-order valence-electron chi connectivity index (χ1n) is 11.2. The number of aliphatic carboxylic acids is 1. The average molecular weight is 519 g/mol. The highest BCUT2D eigenvalue weighted by atomic mass is 35.5. The fraction of sp³-hybridized carbons (Fsp3) is 0.259. The van der Waals surface area contributed by atoms with E-state index < -0.39 is 35.2 Å². The van der Waals surface area contributed by atoms with Gasteiger partial charge >= 0.3 is 12.1 Å². The maximum absolute atomic E-state index is 13.8. The number of aryl methyl sites for hydroxylation is 2. The molecule has 0 saturated carbocycles. The Morgan fingerprint density at radius 2 is 1.56 bits per heavy atom. The van der Waals surface area contributed by atoms with Crippen molar-refractivity contribution in [1.82, 2.24) is 5.32 Å². The summed E-state index contributed by atoms with van der Waals surface area (Å²) in [6, 6.07) is 12.9. The fourth-order valence-corrected chi connectivity index (χ4v) is 3.95. The number of halogens is 4. The zero-order valence-corrected chi connectivity index (χ0v) is 20.9. The predicted octanol–water partition coefficient (Wildman–Crippen LogP) is 7.02. The lowest BCUT2D eigenvalue weighted by Crippen LogP contribution is -2.39. The van der Waals surface area contributed by atoms with E-state index >= 15 is 0 Å². The SMILES string of the molecule is Cc1cc(C(C)Nc2cccc(-c3ccc(C(=O)NC(C)C(=O)O)c(C(F)(F)F)c3)c2)cc(C)c1Cl. The summed E-state index contributed by atoms with van der Waals surface area (Å²) < 4.78 is 41.4. The molecule has 3 rings (SSSR count). The van der Waals surface area contributed by atoms with Gasteiger partial charge < -0.3 is 15.7 Å². The van der Waals surface area contributed by atoms with Crippen molar-refractivity contribution in [2.75, 3.05) is 5.32 Å².